The summed E-state index contributed by atoms with van der Waals surface area (Å²) in [7, 11) is 0. The fourth-order valence-corrected chi connectivity index (χ4v) is 1.97. The van der Waals surface area contributed by atoms with Crippen LogP contribution in [0.2, 0.25) is 0 Å². The third-order valence-electron chi connectivity index (χ3n) is 3.13. The van der Waals surface area contributed by atoms with Gasteiger partial charge in [-0.05, 0) is 30.1 Å². The van der Waals surface area contributed by atoms with Gasteiger partial charge in [-0.1, -0.05) is 27.7 Å². The average molecular weight is 126 g/mol. The summed E-state index contributed by atoms with van der Waals surface area (Å²) in [5.74, 6) is 1.80. The lowest BCUT2D eigenvalue weighted by atomic mass is 9.82. The zero-order chi connectivity index (χ0) is 7.07. The van der Waals surface area contributed by atoms with Crippen LogP contribution in [0, 0.1) is 17.3 Å². The first-order valence-electron chi connectivity index (χ1n) is 4.09. The van der Waals surface area contributed by atoms with E-state index in [1.807, 2.05) is 0 Å². The van der Waals surface area contributed by atoms with Crippen LogP contribution < -0.4 is 0 Å². The second-order valence-electron chi connectivity index (χ2n) is 4.04. The van der Waals surface area contributed by atoms with Crippen molar-refractivity contribution in [2.75, 3.05) is 0 Å². The molecule has 0 aromatic rings. The molecular formula is C9H18. The highest BCUT2D eigenvalue weighted by Crippen LogP contribution is 2.57. The molecular weight excluding hydrogens is 108 g/mol. The van der Waals surface area contributed by atoms with E-state index in [9.17, 15) is 0 Å². The lowest BCUT2D eigenvalue weighted by Crippen LogP contribution is -2.16. The van der Waals surface area contributed by atoms with Crippen LogP contribution in [-0.2, 0) is 0 Å². The molecule has 1 rings (SSSR count). The maximum atomic E-state index is 2.35. The topological polar surface area (TPSA) is 0 Å². The van der Waals surface area contributed by atoms with Crippen LogP contribution in [0.1, 0.15) is 40.5 Å². The van der Waals surface area contributed by atoms with Gasteiger partial charge in [0.1, 0.15) is 0 Å². The van der Waals surface area contributed by atoms with Crippen LogP contribution in [0.5, 0.6) is 0 Å². The Labute approximate surface area is 58.7 Å². The van der Waals surface area contributed by atoms with Crippen LogP contribution in [0.15, 0.2) is 0 Å². The van der Waals surface area contributed by atoms with Crippen LogP contribution in [-0.4, -0.2) is 0 Å². The first kappa shape index (κ1) is 7.11. The quantitative estimate of drug-likeness (QED) is 0.533. The molecule has 9 heavy (non-hydrogen) atoms. The van der Waals surface area contributed by atoms with Crippen LogP contribution in [0.3, 0.4) is 0 Å². The summed E-state index contributed by atoms with van der Waals surface area (Å²) in [5, 5.41) is 0. The van der Waals surface area contributed by atoms with Gasteiger partial charge >= 0.3 is 0 Å². The van der Waals surface area contributed by atoms with Crippen LogP contribution in [0.25, 0.3) is 0 Å². The van der Waals surface area contributed by atoms with Gasteiger partial charge in [0.2, 0.25) is 0 Å². The SMILES string of the molecule is CC(C)C1(C(C)C)CC1. The normalized spacial score (nSPS) is 23.3. The Bertz CT molecular complexity index is 86.6. The summed E-state index contributed by atoms with van der Waals surface area (Å²) >= 11 is 0. The number of hydrogen-bond donors (Lipinski definition) is 0. The van der Waals surface area contributed by atoms with E-state index < -0.39 is 0 Å². The largest absolute Gasteiger partial charge is 0.0622 e. The standard InChI is InChI=1S/C9H18/c1-7(2)9(5-6-9)8(3)4/h7-8H,5-6H2,1-4H3. The molecule has 0 bridgehead atoms. The molecule has 1 aliphatic carbocycles. The minimum atomic E-state index is 0.750. The minimum absolute atomic E-state index is 0.750. The smallest absolute Gasteiger partial charge is 0.0251 e. The highest BCUT2D eigenvalue weighted by molar-refractivity contribution is 4.97. The highest BCUT2D eigenvalue weighted by atomic mass is 14.5. The molecule has 0 saturated heterocycles. The van der Waals surface area contributed by atoms with Gasteiger partial charge in [-0.3, -0.25) is 0 Å². The molecule has 0 amide bonds. The molecule has 1 saturated carbocycles. The van der Waals surface area contributed by atoms with Crippen molar-refractivity contribution < 1.29 is 0 Å². The molecule has 0 aliphatic heterocycles. The Morgan fingerprint density at radius 1 is 0.889 bits per heavy atom. The Balaban J connectivity index is 2.52. The summed E-state index contributed by atoms with van der Waals surface area (Å²) in [6, 6.07) is 0. The molecule has 0 N–H and O–H groups in total. The van der Waals surface area contributed by atoms with E-state index in [2.05, 4.69) is 27.7 Å². The number of rotatable bonds is 2. The van der Waals surface area contributed by atoms with Crippen molar-refractivity contribution in [1.29, 1.82) is 0 Å². The zero-order valence-electron chi connectivity index (χ0n) is 7.07. The molecule has 0 radical (unpaired) electrons. The average Bonchev–Trinajstić information content (AvgIpc) is 2.40. The Morgan fingerprint density at radius 2 is 1.22 bits per heavy atom. The summed E-state index contributed by atoms with van der Waals surface area (Å²) in [5.41, 5.74) is 0.750. The zero-order valence-corrected chi connectivity index (χ0v) is 7.07. The molecule has 0 heterocycles. The molecule has 0 unspecified atom stereocenters. The van der Waals surface area contributed by atoms with E-state index in [4.69, 9.17) is 0 Å². The monoisotopic (exact) mass is 126 g/mol. The second kappa shape index (κ2) is 2.00. The summed E-state index contributed by atoms with van der Waals surface area (Å²) < 4.78 is 0. The summed E-state index contributed by atoms with van der Waals surface area (Å²) in [4.78, 5) is 0. The molecule has 0 atom stereocenters. The molecule has 0 spiro atoms. The molecule has 1 fully saturated rings. The molecule has 0 aromatic heterocycles. The van der Waals surface area contributed by atoms with Crippen LogP contribution >= 0.6 is 0 Å². The molecule has 0 aromatic carbocycles. The molecule has 54 valence electrons. The van der Waals surface area contributed by atoms with E-state index >= 15 is 0 Å². The summed E-state index contributed by atoms with van der Waals surface area (Å²) in [6.45, 7) is 9.42. The van der Waals surface area contributed by atoms with E-state index in [-0.39, 0.29) is 0 Å². The van der Waals surface area contributed by atoms with Crippen molar-refractivity contribution in [3.8, 4) is 0 Å². The first-order valence-corrected chi connectivity index (χ1v) is 4.09. The van der Waals surface area contributed by atoms with Crippen molar-refractivity contribution in [2.45, 2.75) is 40.5 Å². The second-order valence-corrected chi connectivity index (χ2v) is 4.04. The predicted molar refractivity (Wildman–Crippen MR) is 41.3 cm³/mol. The van der Waals surface area contributed by atoms with Crippen LogP contribution in [0.4, 0.5) is 0 Å². The van der Waals surface area contributed by atoms with Gasteiger partial charge in [0, 0.05) is 0 Å². The molecule has 0 heteroatoms. The lowest BCUT2D eigenvalue weighted by molar-refractivity contribution is 0.260. The van der Waals surface area contributed by atoms with Crippen molar-refractivity contribution >= 4 is 0 Å². The number of hydrogen-bond acceptors (Lipinski definition) is 0. The molecule has 1 aliphatic rings. The maximum Gasteiger partial charge on any atom is -0.0251 e. The van der Waals surface area contributed by atoms with E-state index in [1.54, 1.807) is 0 Å². The Kier molecular flexibility index (Phi) is 1.58. The van der Waals surface area contributed by atoms with Gasteiger partial charge in [-0.25, -0.2) is 0 Å². The van der Waals surface area contributed by atoms with E-state index in [0.29, 0.717) is 0 Å². The fraction of sp³-hybridized carbons (Fsp3) is 1.00. The van der Waals surface area contributed by atoms with Gasteiger partial charge in [0.15, 0.2) is 0 Å². The van der Waals surface area contributed by atoms with Crippen molar-refractivity contribution in [3.05, 3.63) is 0 Å². The Morgan fingerprint density at radius 3 is 1.22 bits per heavy atom. The lowest BCUT2D eigenvalue weighted by Gasteiger charge is -2.23. The van der Waals surface area contributed by atoms with E-state index in [0.717, 1.165) is 17.3 Å². The third kappa shape index (κ3) is 0.997. The first-order chi connectivity index (χ1) is 4.09. The van der Waals surface area contributed by atoms with Crippen molar-refractivity contribution in [3.63, 3.8) is 0 Å². The van der Waals surface area contributed by atoms with E-state index in [1.165, 1.54) is 12.8 Å². The third-order valence-corrected chi connectivity index (χ3v) is 3.13. The van der Waals surface area contributed by atoms with Crippen molar-refractivity contribution in [2.24, 2.45) is 17.3 Å². The molecule has 0 nitrogen and oxygen atoms in total. The van der Waals surface area contributed by atoms with Gasteiger partial charge in [0.05, 0.1) is 0 Å². The maximum absolute atomic E-state index is 2.35. The predicted octanol–water partition coefficient (Wildman–Crippen LogP) is 3.08. The minimum Gasteiger partial charge on any atom is -0.0622 e. The van der Waals surface area contributed by atoms with Gasteiger partial charge < -0.3 is 0 Å². The van der Waals surface area contributed by atoms with Gasteiger partial charge in [0.25, 0.3) is 0 Å². The van der Waals surface area contributed by atoms with Crippen molar-refractivity contribution in [1.82, 2.24) is 0 Å². The van der Waals surface area contributed by atoms with Gasteiger partial charge in [-0.15, -0.1) is 0 Å². The van der Waals surface area contributed by atoms with Gasteiger partial charge in [-0.2, -0.15) is 0 Å². The highest BCUT2D eigenvalue weighted by Gasteiger charge is 2.47. The Hall–Kier alpha value is 0. The fourth-order valence-electron chi connectivity index (χ4n) is 1.97. The summed E-state index contributed by atoms with van der Waals surface area (Å²) in [6.07, 6.45) is 2.95.